The molecule has 2 atom stereocenters. The molecule has 0 radical (unpaired) electrons. The zero-order valence-electron chi connectivity index (χ0n) is 8.37. The average molecular weight is 193 g/mol. The molecule has 0 aliphatic heterocycles. The molecule has 0 spiro atoms. The van der Waals surface area contributed by atoms with E-state index in [1.54, 1.807) is 11.5 Å². The lowest BCUT2D eigenvalue weighted by Crippen LogP contribution is -2.23. The number of hydrogen-bond acceptors (Lipinski definition) is 2. The van der Waals surface area contributed by atoms with Crippen molar-refractivity contribution >= 4 is 23.7 Å². The Labute approximate surface area is 83.0 Å². The third kappa shape index (κ3) is 1.44. The topological polar surface area (TPSA) is 12.9 Å². The second kappa shape index (κ2) is 3.26. The molecule has 1 nitrogen and oxygen atoms in total. The molecular weight excluding hydrogens is 178 g/mol. The Bertz CT molecular complexity index is 416. The van der Waals surface area contributed by atoms with Gasteiger partial charge in [0.05, 0.1) is 10.2 Å². The van der Waals surface area contributed by atoms with Crippen LogP contribution in [-0.2, 0) is 0 Å². The van der Waals surface area contributed by atoms with E-state index in [0.717, 1.165) is 11.8 Å². The maximum atomic E-state index is 4.33. The van der Waals surface area contributed by atoms with Gasteiger partial charge in [-0.05, 0) is 36.7 Å². The lowest BCUT2D eigenvalue weighted by Gasteiger charge is -1.91. The number of nitrogens with zero attached hydrogens (tertiary/aromatic N) is 1. The van der Waals surface area contributed by atoms with E-state index in [4.69, 9.17) is 0 Å². The van der Waals surface area contributed by atoms with Gasteiger partial charge in [-0.1, -0.05) is 26.0 Å². The van der Waals surface area contributed by atoms with Crippen LogP contribution in [0.1, 0.15) is 26.0 Å². The van der Waals surface area contributed by atoms with Crippen LogP contribution < -0.4 is 9.75 Å². The summed E-state index contributed by atoms with van der Waals surface area (Å²) in [4.78, 5) is 0. The summed E-state index contributed by atoms with van der Waals surface area (Å²) in [5.41, 5.74) is 1.21. The predicted molar refractivity (Wildman–Crippen MR) is 58.0 cm³/mol. The summed E-state index contributed by atoms with van der Waals surface area (Å²) in [6.07, 6.45) is 6.17. The van der Waals surface area contributed by atoms with Crippen LogP contribution in [-0.4, -0.2) is 4.37 Å². The van der Waals surface area contributed by atoms with Gasteiger partial charge in [0.2, 0.25) is 0 Å². The van der Waals surface area contributed by atoms with Crippen molar-refractivity contribution in [2.24, 2.45) is 11.8 Å². The third-order valence-electron chi connectivity index (χ3n) is 2.57. The molecule has 1 saturated carbocycles. The summed E-state index contributed by atoms with van der Waals surface area (Å²) in [6, 6.07) is 0. The summed E-state index contributed by atoms with van der Waals surface area (Å²) in [5, 5.41) is 1.41. The highest BCUT2D eigenvalue weighted by atomic mass is 32.1. The molecule has 2 aliphatic rings. The summed E-state index contributed by atoms with van der Waals surface area (Å²) < 4.78 is 5.74. The quantitative estimate of drug-likeness (QED) is 0.611. The van der Waals surface area contributed by atoms with Gasteiger partial charge in [0.25, 0.3) is 0 Å². The minimum absolute atomic E-state index is 0.859. The van der Waals surface area contributed by atoms with Gasteiger partial charge in [-0.3, -0.25) is 0 Å². The van der Waals surface area contributed by atoms with Crippen molar-refractivity contribution in [3.63, 3.8) is 0 Å². The first-order chi connectivity index (χ1) is 6.34. The van der Waals surface area contributed by atoms with E-state index >= 15 is 0 Å². The average Bonchev–Trinajstić information content (AvgIpc) is 2.85. The summed E-state index contributed by atoms with van der Waals surface area (Å²) >= 11 is 1.65. The first-order valence-corrected chi connectivity index (χ1v) is 5.78. The lowest BCUT2D eigenvalue weighted by atomic mass is 10.1. The summed E-state index contributed by atoms with van der Waals surface area (Å²) in [5.74, 6) is 1.72. The standard InChI is InChI=1S/C9H9NS.C2H6/c1-5-8-3-6-2-7(6)4-9(8)11-10-5;1-2/h3-4,6-7H,2H2,1H3;1-2H3. The molecule has 1 aromatic rings. The Morgan fingerprint density at radius 1 is 1.31 bits per heavy atom. The third-order valence-corrected chi connectivity index (χ3v) is 3.49. The van der Waals surface area contributed by atoms with Crippen molar-refractivity contribution in [1.29, 1.82) is 0 Å². The highest BCUT2D eigenvalue weighted by Gasteiger charge is 2.35. The van der Waals surface area contributed by atoms with E-state index in [0.29, 0.717) is 0 Å². The molecule has 0 bridgehead atoms. The van der Waals surface area contributed by atoms with Crippen molar-refractivity contribution in [1.82, 2.24) is 4.37 Å². The van der Waals surface area contributed by atoms with Crippen LogP contribution in [0.25, 0.3) is 12.2 Å². The largest absolute Gasteiger partial charge is 0.197 e. The van der Waals surface area contributed by atoms with E-state index in [1.165, 1.54) is 21.9 Å². The fourth-order valence-electron chi connectivity index (χ4n) is 1.74. The van der Waals surface area contributed by atoms with Gasteiger partial charge < -0.3 is 0 Å². The van der Waals surface area contributed by atoms with Gasteiger partial charge >= 0.3 is 0 Å². The number of aromatic nitrogens is 1. The first-order valence-electron chi connectivity index (χ1n) is 5.00. The number of aryl methyl sites for hydroxylation is 1. The van der Waals surface area contributed by atoms with E-state index in [-0.39, 0.29) is 0 Å². The van der Waals surface area contributed by atoms with Crippen LogP contribution in [0.2, 0.25) is 0 Å². The van der Waals surface area contributed by atoms with Crippen LogP contribution >= 0.6 is 11.5 Å². The highest BCUT2D eigenvalue weighted by Crippen LogP contribution is 2.42. The zero-order valence-corrected chi connectivity index (χ0v) is 9.19. The van der Waals surface area contributed by atoms with E-state index in [2.05, 4.69) is 23.4 Å². The Balaban J connectivity index is 0.000000308. The van der Waals surface area contributed by atoms with Crippen molar-refractivity contribution in [2.45, 2.75) is 27.2 Å². The van der Waals surface area contributed by atoms with E-state index in [1.807, 2.05) is 13.8 Å². The molecule has 2 aliphatic carbocycles. The molecule has 3 rings (SSSR count). The van der Waals surface area contributed by atoms with Crippen LogP contribution in [0, 0.1) is 18.8 Å². The van der Waals surface area contributed by atoms with Crippen LogP contribution in [0.3, 0.4) is 0 Å². The van der Waals surface area contributed by atoms with Gasteiger partial charge in [0, 0.05) is 5.22 Å². The number of rotatable bonds is 0. The van der Waals surface area contributed by atoms with Gasteiger partial charge in [-0.15, -0.1) is 0 Å². The van der Waals surface area contributed by atoms with Crippen molar-refractivity contribution in [3.8, 4) is 0 Å². The molecule has 2 heteroatoms. The van der Waals surface area contributed by atoms with E-state index < -0.39 is 0 Å². The Morgan fingerprint density at radius 2 is 2.00 bits per heavy atom. The molecule has 0 aromatic carbocycles. The van der Waals surface area contributed by atoms with Gasteiger partial charge in [0.1, 0.15) is 0 Å². The van der Waals surface area contributed by atoms with Gasteiger partial charge in [-0.2, -0.15) is 4.37 Å². The molecule has 70 valence electrons. The predicted octanol–water partition coefficient (Wildman–Crippen LogP) is 1.69. The van der Waals surface area contributed by atoms with Gasteiger partial charge in [0.15, 0.2) is 0 Å². The summed E-state index contributed by atoms with van der Waals surface area (Å²) in [6.45, 7) is 6.10. The monoisotopic (exact) mass is 193 g/mol. The lowest BCUT2D eigenvalue weighted by molar-refractivity contribution is 1.06. The number of fused-ring (bicyclic) bond motifs is 2. The van der Waals surface area contributed by atoms with Crippen LogP contribution in [0.4, 0.5) is 0 Å². The minimum Gasteiger partial charge on any atom is -0.197 e. The van der Waals surface area contributed by atoms with Crippen molar-refractivity contribution < 1.29 is 0 Å². The Kier molecular flexibility index (Phi) is 2.24. The molecule has 1 fully saturated rings. The fourth-order valence-corrected chi connectivity index (χ4v) is 2.63. The molecule has 13 heavy (non-hydrogen) atoms. The first kappa shape index (κ1) is 8.95. The molecule has 1 aromatic heterocycles. The van der Waals surface area contributed by atoms with E-state index in [9.17, 15) is 0 Å². The Morgan fingerprint density at radius 3 is 2.77 bits per heavy atom. The van der Waals surface area contributed by atoms with Crippen molar-refractivity contribution in [2.75, 3.05) is 0 Å². The second-order valence-corrected chi connectivity index (χ2v) is 4.25. The normalized spacial score (nSPS) is 27.0. The fraction of sp³-hybridized carbons (Fsp3) is 0.545. The Hall–Kier alpha value is -0.630. The molecule has 0 saturated heterocycles. The highest BCUT2D eigenvalue weighted by molar-refractivity contribution is 7.03. The zero-order chi connectivity index (χ0) is 9.42. The van der Waals surface area contributed by atoms with Gasteiger partial charge in [-0.25, -0.2) is 0 Å². The maximum Gasteiger partial charge on any atom is 0.0586 e. The molecule has 1 heterocycles. The minimum atomic E-state index is 0.859. The summed E-state index contributed by atoms with van der Waals surface area (Å²) in [7, 11) is 0. The smallest absolute Gasteiger partial charge is 0.0586 e. The van der Waals surface area contributed by atoms with Crippen LogP contribution in [0.5, 0.6) is 0 Å². The molecular formula is C11H15NS. The molecule has 0 N–H and O–H groups in total. The molecule has 0 amide bonds. The van der Waals surface area contributed by atoms with Crippen molar-refractivity contribution in [3.05, 3.63) is 15.4 Å². The van der Waals surface area contributed by atoms with Crippen LogP contribution in [0.15, 0.2) is 0 Å². The maximum absolute atomic E-state index is 4.33. The SMILES string of the molecule is CC.Cc1nsc2c1=CC1CC1C=2. The second-order valence-electron chi connectivity index (χ2n) is 3.44. The molecule has 2 unspecified atom stereocenters. The number of hydrogen-bond donors (Lipinski definition) is 0.